The number of halogens is 3. The van der Waals surface area contributed by atoms with Crippen molar-refractivity contribution >= 4 is 39.2 Å². The molecule has 1 amide bonds. The third kappa shape index (κ3) is 3.50. The van der Waals surface area contributed by atoms with Crippen molar-refractivity contribution in [1.82, 2.24) is 5.32 Å². The van der Waals surface area contributed by atoms with Crippen molar-refractivity contribution in [2.24, 2.45) is 0 Å². The molecule has 2 N–H and O–H groups in total. The van der Waals surface area contributed by atoms with Gasteiger partial charge in [0.2, 0.25) is 23.2 Å². The smallest absolute Gasteiger partial charge is 0.250 e. The summed E-state index contributed by atoms with van der Waals surface area (Å²) in [5.74, 6) is -3.11. The van der Waals surface area contributed by atoms with Gasteiger partial charge in [0.05, 0.1) is 0 Å². The number of alkyl halides is 1. The number of aliphatic hydroxyl groups is 1. The van der Waals surface area contributed by atoms with Gasteiger partial charge in [-0.2, -0.15) is 0 Å². The van der Waals surface area contributed by atoms with Crippen LogP contribution >= 0.6 is 27.5 Å². The Labute approximate surface area is 145 Å². The first-order valence-corrected chi connectivity index (χ1v) is 8.28. The lowest BCUT2D eigenvalue weighted by molar-refractivity contribution is -0.133. The van der Waals surface area contributed by atoms with Crippen molar-refractivity contribution in [2.75, 3.05) is 5.33 Å². The Hall–Kier alpha value is -1.60. The summed E-state index contributed by atoms with van der Waals surface area (Å²) in [6.45, 7) is 1.31. The highest BCUT2D eigenvalue weighted by molar-refractivity contribution is 9.09. The minimum atomic E-state index is -1.77. The number of aliphatic hydroxyl groups excluding tert-OH is 1. The molecule has 0 aliphatic carbocycles. The van der Waals surface area contributed by atoms with Crippen LogP contribution in [0.4, 0.5) is 4.39 Å². The maximum atomic E-state index is 14.1. The molecule has 0 spiro atoms. The molecular formula is C15H14BrClFNO4. The van der Waals surface area contributed by atoms with Crippen LogP contribution < -0.4 is 5.32 Å². The molecule has 1 atom stereocenters. The summed E-state index contributed by atoms with van der Waals surface area (Å²) in [4.78, 5) is 24.0. The van der Waals surface area contributed by atoms with Crippen LogP contribution in [-0.2, 0) is 19.9 Å². The summed E-state index contributed by atoms with van der Waals surface area (Å²) < 4.78 is 19.5. The Bertz CT molecular complexity index is 694. The first-order valence-electron chi connectivity index (χ1n) is 6.78. The van der Waals surface area contributed by atoms with E-state index in [-0.39, 0.29) is 22.9 Å². The van der Waals surface area contributed by atoms with Crippen LogP contribution in [0.25, 0.3) is 0 Å². The minimum Gasteiger partial charge on any atom is -0.501 e. The van der Waals surface area contributed by atoms with E-state index in [1.807, 2.05) is 0 Å². The van der Waals surface area contributed by atoms with Crippen LogP contribution in [-0.4, -0.2) is 22.1 Å². The van der Waals surface area contributed by atoms with E-state index < -0.39 is 28.9 Å². The predicted octanol–water partition coefficient (Wildman–Crippen LogP) is 3.31. The molecule has 1 aliphatic rings. The lowest BCUT2D eigenvalue weighted by Gasteiger charge is -2.24. The summed E-state index contributed by atoms with van der Waals surface area (Å²) in [5, 5.41) is 13.0. The molecule has 1 unspecified atom stereocenters. The van der Waals surface area contributed by atoms with Gasteiger partial charge in [0, 0.05) is 22.3 Å². The van der Waals surface area contributed by atoms with Crippen LogP contribution in [0.2, 0.25) is 5.02 Å². The van der Waals surface area contributed by atoms with Gasteiger partial charge >= 0.3 is 0 Å². The average Bonchev–Trinajstić information content (AvgIpc) is 2.70. The minimum absolute atomic E-state index is 0.0804. The third-order valence-corrected chi connectivity index (χ3v) is 4.20. The number of amides is 1. The van der Waals surface area contributed by atoms with Gasteiger partial charge in [0.15, 0.2) is 0 Å². The number of rotatable bonds is 5. The van der Waals surface area contributed by atoms with Crippen molar-refractivity contribution in [3.05, 3.63) is 46.2 Å². The predicted molar refractivity (Wildman–Crippen MR) is 85.7 cm³/mol. The van der Waals surface area contributed by atoms with E-state index in [2.05, 4.69) is 21.2 Å². The zero-order chi connectivity index (χ0) is 17.2. The van der Waals surface area contributed by atoms with Crippen LogP contribution in [0.15, 0.2) is 29.8 Å². The van der Waals surface area contributed by atoms with Crippen molar-refractivity contribution in [3.63, 3.8) is 0 Å². The van der Waals surface area contributed by atoms with Gasteiger partial charge in [-0.15, -0.1) is 0 Å². The fraction of sp³-hybridized carbons (Fsp3) is 0.333. The van der Waals surface area contributed by atoms with E-state index in [1.54, 1.807) is 0 Å². The number of ether oxygens (including phenoxy) is 1. The topological polar surface area (TPSA) is 75.6 Å². The van der Waals surface area contributed by atoms with E-state index in [9.17, 15) is 19.1 Å². The molecule has 5 nitrogen and oxygen atoms in total. The first kappa shape index (κ1) is 17.7. The van der Waals surface area contributed by atoms with Gasteiger partial charge in [0.1, 0.15) is 5.82 Å². The SMILES string of the molecule is CC1(c2ccc(Cl)cc2F)OC(NC(=O)CCCBr)=C(O)C1=O. The number of benzene rings is 1. The van der Waals surface area contributed by atoms with Crippen molar-refractivity contribution in [1.29, 1.82) is 0 Å². The first-order chi connectivity index (χ1) is 10.8. The van der Waals surface area contributed by atoms with E-state index >= 15 is 0 Å². The summed E-state index contributed by atoms with van der Waals surface area (Å²) >= 11 is 8.89. The Morgan fingerprint density at radius 2 is 2.22 bits per heavy atom. The van der Waals surface area contributed by atoms with Crippen LogP contribution in [0.1, 0.15) is 25.3 Å². The Kier molecular flexibility index (Phi) is 5.31. The summed E-state index contributed by atoms with van der Waals surface area (Å²) in [7, 11) is 0. The number of Topliss-reactive ketones (excluding diaryl/α,β-unsaturated/α-hetero) is 1. The molecule has 0 saturated carbocycles. The van der Waals surface area contributed by atoms with Gasteiger partial charge in [-0.3, -0.25) is 14.9 Å². The van der Waals surface area contributed by atoms with E-state index in [0.717, 1.165) is 6.07 Å². The molecule has 0 fully saturated rings. The quantitative estimate of drug-likeness (QED) is 0.736. The largest absolute Gasteiger partial charge is 0.501 e. The van der Waals surface area contributed by atoms with Gasteiger partial charge < -0.3 is 9.84 Å². The highest BCUT2D eigenvalue weighted by atomic mass is 79.9. The number of hydrogen-bond acceptors (Lipinski definition) is 4. The van der Waals surface area contributed by atoms with Crippen molar-refractivity contribution in [3.8, 4) is 0 Å². The molecular weight excluding hydrogens is 393 g/mol. The number of nitrogens with one attached hydrogen (secondary N) is 1. The highest BCUT2D eigenvalue weighted by Crippen LogP contribution is 2.38. The number of carbonyl (C=O) groups is 2. The van der Waals surface area contributed by atoms with E-state index in [4.69, 9.17) is 16.3 Å². The second-order valence-electron chi connectivity index (χ2n) is 5.11. The molecule has 0 saturated heterocycles. The molecule has 124 valence electrons. The summed E-state index contributed by atoms with van der Waals surface area (Å²) in [6.07, 6.45) is 0.766. The van der Waals surface area contributed by atoms with Crippen LogP contribution in [0, 0.1) is 5.82 Å². The lowest BCUT2D eigenvalue weighted by Crippen LogP contribution is -2.33. The monoisotopic (exact) mass is 405 g/mol. The van der Waals surface area contributed by atoms with Gasteiger partial charge in [-0.05, 0) is 25.5 Å². The number of ketones is 1. The lowest BCUT2D eigenvalue weighted by atomic mass is 9.91. The average molecular weight is 407 g/mol. The maximum absolute atomic E-state index is 14.1. The summed E-state index contributed by atoms with van der Waals surface area (Å²) in [5.41, 5.74) is -1.85. The van der Waals surface area contributed by atoms with Crippen LogP contribution in [0.5, 0.6) is 0 Å². The summed E-state index contributed by atoms with van der Waals surface area (Å²) in [6, 6.07) is 3.76. The number of hydrogen-bond donors (Lipinski definition) is 2. The highest BCUT2D eigenvalue weighted by Gasteiger charge is 2.49. The van der Waals surface area contributed by atoms with Gasteiger partial charge in [0.25, 0.3) is 5.78 Å². The van der Waals surface area contributed by atoms with Crippen LogP contribution in [0.3, 0.4) is 0 Å². The molecule has 0 bridgehead atoms. The fourth-order valence-corrected chi connectivity index (χ4v) is 2.62. The molecule has 0 aromatic heterocycles. The van der Waals surface area contributed by atoms with Crippen molar-refractivity contribution in [2.45, 2.75) is 25.4 Å². The molecule has 1 aliphatic heterocycles. The van der Waals surface area contributed by atoms with E-state index in [0.29, 0.717) is 11.8 Å². The Morgan fingerprint density at radius 1 is 1.52 bits per heavy atom. The van der Waals surface area contributed by atoms with Gasteiger partial charge in [-0.1, -0.05) is 33.6 Å². The molecule has 1 aromatic carbocycles. The zero-order valence-electron chi connectivity index (χ0n) is 12.2. The zero-order valence-corrected chi connectivity index (χ0v) is 14.5. The number of carbonyl (C=O) groups excluding carboxylic acids is 2. The molecule has 2 rings (SSSR count). The molecule has 1 aromatic rings. The Balaban J connectivity index is 2.25. The molecule has 8 heteroatoms. The second kappa shape index (κ2) is 6.88. The Morgan fingerprint density at radius 3 is 2.83 bits per heavy atom. The standard InChI is InChI=1S/C15H14BrClFNO4/c1-15(9-5-4-8(17)7-10(9)18)13(22)12(21)14(23-15)19-11(20)3-2-6-16/h4-5,7,21H,2-3,6H2,1H3,(H,19,20). The molecule has 23 heavy (non-hydrogen) atoms. The molecule has 0 radical (unpaired) electrons. The second-order valence-corrected chi connectivity index (χ2v) is 6.34. The normalized spacial score (nSPS) is 20.6. The van der Waals surface area contributed by atoms with Crippen molar-refractivity contribution < 1.29 is 23.8 Å². The third-order valence-electron chi connectivity index (χ3n) is 3.41. The fourth-order valence-electron chi connectivity index (χ4n) is 2.18. The van der Waals surface area contributed by atoms with Gasteiger partial charge in [-0.25, -0.2) is 4.39 Å². The van der Waals surface area contributed by atoms with E-state index in [1.165, 1.54) is 19.1 Å². The molecule has 1 heterocycles. The maximum Gasteiger partial charge on any atom is 0.250 e.